The van der Waals surface area contributed by atoms with E-state index in [1.165, 1.54) is 6.07 Å². The van der Waals surface area contributed by atoms with Crippen molar-refractivity contribution in [2.24, 2.45) is 5.73 Å². The lowest BCUT2D eigenvalue weighted by atomic mass is 10.1. The summed E-state index contributed by atoms with van der Waals surface area (Å²) in [5.74, 6) is 0.277. The van der Waals surface area contributed by atoms with E-state index in [9.17, 15) is 13.2 Å². The molecule has 2 nitrogen and oxygen atoms in total. The summed E-state index contributed by atoms with van der Waals surface area (Å²) in [7, 11) is 0. The van der Waals surface area contributed by atoms with Crippen LogP contribution >= 0.6 is 0 Å². The van der Waals surface area contributed by atoms with Crippen LogP contribution in [0.3, 0.4) is 0 Å². The Labute approximate surface area is 104 Å². The topological polar surface area (TPSA) is 35.2 Å². The molecule has 0 spiro atoms. The van der Waals surface area contributed by atoms with Crippen molar-refractivity contribution in [3.8, 4) is 5.75 Å². The summed E-state index contributed by atoms with van der Waals surface area (Å²) in [6.07, 6.45) is -0.372. The maximum Gasteiger partial charge on any atom is 0.416 e. The Morgan fingerprint density at radius 3 is 2.44 bits per heavy atom. The first kappa shape index (κ1) is 13.2. The van der Waals surface area contributed by atoms with Crippen LogP contribution in [-0.4, -0.2) is 6.10 Å². The third kappa shape index (κ3) is 2.96. The third-order valence-electron chi connectivity index (χ3n) is 3.21. The van der Waals surface area contributed by atoms with Gasteiger partial charge in [-0.3, -0.25) is 0 Å². The summed E-state index contributed by atoms with van der Waals surface area (Å²) in [6.45, 7) is 0.181. The van der Waals surface area contributed by atoms with Gasteiger partial charge < -0.3 is 10.5 Å². The van der Waals surface area contributed by atoms with Gasteiger partial charge in [-0.2, -0.15) is 13.2 Å². The van der Waals surface area contributed by atoms with E-state index in [1.54, 1.807) is 0 Å². The number of ether oxygens (including phenoxy) is 1. The predicted molar refractivity (Wildman–Crippen MR) is 62.2 cm³/mol. The van der Waals surface area contributed by atoms with Crippen LogP contribution in [0.4, 0.5) is 13.2 Å². The molecule has 0 saturated heterocycles. The smallest absolute Gasteiger partial charge is 0.416 e. The van der Waals surface area contributed by atoms with Crippen LogP contribution in [0, 0.1) is 0 Å². The highest BCUT2D eigenvalue weighted by Crippen LogP contribution is 2.34. The van der Waals surface area contributed by atoms with Crippen molar-refractivity contribution in [1.29, 1.82) is 0 Å². The van der Waals surface area contributed by atoms with Gasteiger partial charge in [0.1, 0.15) is 5.75 Å². The van der Waals surface area contributed by atoms with Crippen molar-refractivity contribution >= 4 is 0 Å². The number of hydrogen-bond acceptors (Lipinski definition) is 2. The third-order valence-corrected chi connectivity index (χ3v) is 3.21. The summed E-state index contributed by atoms with van der Waals surface area (Å²) in [6, 6.07) is 3.50. The van der Waals surface area contributed by atoms with E-state index in [0.717, 1.165) is 37.8 Å². The van der Waals surface area contributed by atoms with Gasteiger partial charge in [-0.25, -0.2) is 0 Å². The zero-order chi connectivity index (χ0) is 13.2. The van der Waals surface area contributed by atoms with Gasteiger partial charge >= 0.3 is 6.18 Å². The van der Waals surface area contributed by atoms with Gasteiger partial charge in [-0.1, -0.05) is 6.07 Å². The van der Waals surface area contributed by atoms with Crippen LogP contribution in [0.1, 0.15) is 36.8 Å². The van der Waals surface area contributed by atoms with Crippen molar-refractivity contribution in [2.75, 3.05) is 0 Å². The molecule has 5 heteroatoms. The summed E-state index contributed by atoms with van der Waals surface area (Å²) >= 11 is 0. The van der Waals surface area contributed by atoms with Gasteiger partial charge in [0.05, 0.1) is 11.7 Å². The number of hydrogen-bond donors (Lipinski definition) is 1. The molecule has 2 N–H and O–H groups in total. The molecule has 0 atom stereocenters. The van der Waals surface area contributed by atoms with Gasteiger partial charge in [0.25, 0.3) is 0 Å². The fourth-order valence-corrected chi connectivity index (χ4v) is 2.19. The predicted octanol–water partition coefficient (Wildman–Crippen LogP) is 3.49. The molecule has 0 unspecified atom stereocenters. The van der Waals surface area contributed by atoms with Crippen molar-refractivity contribution in [3.05, 3.63) is 29.3 Å². The second-order valence-electron chi connectivity index (χ2n) is 4.55. The van der Waals surface area contributed by atoms with Gasteiger partial charge in [0.2, 0.25) is 0 Å². The van der Waals surface area contributed by atoms with Crippen LogP contribution < -0.4 is 10.5 Å². The highest BCUT2D eigenvalue weighted by atomic mass is 19.4. The Morgan fingerprint density at radius 2 is 1.89 bits per heavy atom. The van der Waals surface area contributed by atoms with Crippen LogP contribution in [0.2, 0.25) is 0 Å². The lowest BCUT2D eigenvalue weighted by Crippen LogP contribution is -2.14. The summed E-state index contributed by atoms with van der Waals surface area (Å²) in [4.78, 5) is 0. The Bertz CT molecular complexity index is 411. The maximum atomic E-state index is 12.6. The van der Waals surface area contributed by atoms with Gasteiger partial charge in [-0.15, -0.1) is 0 Å². The minimum Gasteiger partial charge on any atom is -0.490 e. The molecule has 0 amide bonds. The second-order valence-corrected chi connectivity index (χ2v) is 4.55. The fourth-order valence-electron chi connectivity index (χ4n) is 2.19. The van der Waals surface area contributed by atoms with E-state index in [4.69, 9.17) is 10.5 Å². The van der Waals surface area contributed by atoms with E-state index < -0.39 is 11.7 Å². The normalized spacial score (nSPS) is 17.1. The van der Waals surface area contributed by atoms with Crippen LogP contribution in [-0.2, 0) is 12.7 Å². The monoisotopic (exact) mass is 259 g/mol. The first-order valence-corrected chi connectivity index (χ1v) is 6.07. The van der Waals surface area contributed by atoms with E-state index in [-0.39, 0.29) is 18.4 Å². The molecule has 1 aromatic rings. The van der Waals surface area contributed by atoms with Gasteiger partial charge in [0, 0.05) is 12.1 Å². The molecule has 1 aromatic carbocycles. The summed E-state index contributed by atoms with van der Waals surface area (Å²) in [5, 5.41) is 0. The van der Waals surface area contributed by atoms with Crippen LogP contribution in [0.25, 0.3) is 0 Å². The lowest BCUT2D eigenvalue weighted by Gasteiger charge is -2.17. The molecule has 18 heavy (non-hydrogen) atoms. The molecule has 1 aliphatic carbocycles. The fraction of sp³-hybridized carbons (Fsp3) is 0.538. The van der Waals surface area contributed by atoms with Gasteiger partial charge in [0.15, 0.2) is 0 Å². The SMILES string of the molecule is NCc1ccc(C(F)(F)F)cc1OC1CCCC1. The van der Waals surface area contributed by atoms with Crippen molar-refractivity contribution < 1.29 is 17.9 Å². The Balaban J connectivity index is 2.24. The molecule has 0 aromatic heterocycles. The largest absolute Gasteiger partial charge is 0.490 e. The molecule has 100 valence electrons. The Morgan fingerprint density at radius 1 is 1.22 bits per heavy atom. The van der Waals surface area contributed by atoms with E-state index in [1.807, 2.05) is 0 Å². The minimum absolute atomic E-state index is 0.0267. The van der Waals surface area contributed by atoms with Crippen LogP contribution in [0.15, 0.2) is 18.2 Å². The highest BCUT2D eigenvalue weighted by molar-refractivity contribution is 5.38. The van der Waals surface area contributed by atoms with Crippen molar-refractivity contribution in [3.63, 3.8) is 0 Å². The molecule has 0 radical (unpaired) electrons. The zero-order valence-electron chi connectivity index (χ0n) is 9.96. The standard InChI is InChI=1S/C13H16F3NO/c14-13(15,16)10-6-5-9(8-17)12(7-10)18-11-3-1-2-4-11/h5-7,11H,1-4,8,17H2. The van der Waals surface area contributed by atoms with Crippen molar-refractivity contribution in [2.45, 2.75) is 44.5 Å². The molecular weight excluding hydrogens is 243 g/mol. The average Bonchev–Trinajstić information content (AvgIpc) is 2.80. The first-order valence-electron chi connectivity index (χ1n) is 6.07. The quantitative estimate of drug-likeness (QED) is 0.901. The maximum absolute atomic E-state index is 12.6. The molecular formula is C13H16F3NO. The molecule has 1 fully saturated rings. The lowest BCUT2D eigenvalue weighted by molar-refractivity contribution is -0.137. The second kappa shape index (κ2) is 5.18. The number of benzene rings is 1. The van der Waals surface area contributed by atoms with E-state index in [0.29, 0.717) is 5.56 Å². The Hall–Kier alpha value is -1.23. The highest BCUT2D eigenvalue weighted by Gasteiger charge is 2.31. The van der Waals surface area contributed by atoms with E-state index >= 15 is 0 Å². The first-order chi connectivity index (χ1) is 8.50. The minimum atomic E-state index is -4.35. The van der Waals surface area contributed by atoms with E-state index in [2.05, 4.69) is 0 Å². The molecule has 0 aliphatic heterocycles. The Kier molecular flexibility index (Phi) is 3.80. The molecule has 0 heterocycles. The zero-order valence-corrected chi connectivity index (χ0v) is 9.96. The molecule has 0 bridgehead atoms. The number of halogens is 3. The van der Waals surface area contributed by atoms with Gasteiger partial charge in [-0.05, 0) is 37.8 Å². The van der Waals surface area contributed by atoms with Crippen molar-refractivity contribution in [1.82, 2.24) is 0 Å². The number of nitrogens with two attached hydrogens (primary N) is 1. The average molecular weight is 259 g/mol. The number of alkyl halides is 3. The summed E-state index contributed by atoms with van der Waals surface area (Å²) < 4.78 is 43.5. The summed E-state index contributed by atoms with van der Waals surface area (Å²) in [5.41, 5.74) is 5.46. The molecule has 1 aliphatic rings. The van der Waals surface area contributed by atoms with Crippen LogP contribution in [0.5, 0.6) is 5.75 Å². The number of rotatable bonds is 3. The molecule has 1 saturated carbocycles. The molecule has 2 rings (SSSR count).